The summed E-state index contributed by atoms with van der Waals surface area (Å²) >= 11 is 0. The Bertz CT molecular complexity index is 823. The van der Waals surface area contributed by atoms with Crippen LogP contribution in [0.2, 0.25) is 0 Å². The summed E-state index contributed by atoms with van der Waals surface area (Å²) < 4.78 is 6.06. The van der Waals surface area contributed by atoms with Crippen molar-refractivity contribution < 1.29 is 9.66 Å². The Hall–Kier alpha value is -2.60. The lowest BCUT2D eigenvalue weighted by Crippen LogP contribution is -2.42. The highest BCUT2D eigenvalue weighted by Gasteiger charge is 2.31. The van der Waals surface area contributed by atoms with Gasteiger partial charge < -0.3 is 14.5 Å². The number of nitrogens with zero attached hydrogens (tertiary/aromatic N) is 3. The van der Waals surface area contributed by atoms with Crippen molar-refractivity contribution in [3.05, 3.63) is 64.2 Å². The van der Waals surface area contributed by atoms with Gasteiger partial charge in [-0.3, -0.25) is 10.1 Å². The van der Waals surface area contributed by atoms with Crippen LogP contribution in [0.1, 0.15) is 37.7 Å². The van der Waals surface area contributed by atoms with Crippen LogP contribution in [0.3, 0.4) is 0 Å². The summed E-state index contributed by atoms with van der Waals surface area (Å²) in [5.41, 5.74) is 2.61. The van der Waals surface area contributed by atoms with Crippen molar-refractivity contribution in [1.29, 1.82) is 0 Å². The molecular formula is C24H33N3O3. The van der Waals surface area contributed by atoms with Crippen LogP contribution >= 0.6 is 0 Å². The molecule has 2 aromatic carbocycles. The Balaban J connectivity index is 1.73. The lowest BCUT2D eigenvalue weighted by molar-refractivity contribution is -0.384. The predicted octanol–water partition coefficient (Wildman–Crippen LogP) is 4.95. The van der Waals surface area contributed by atoms with Crippen LogP contribution in [0, 0.1) is 16.0 Å². The minimum atomic E-state index is -0.380. The van der Waals surface area contributed by atoms with E-state index in [9.17, 15) is 10.1 Å². The van der Waals surface area contributed by atoms with Crippen LogP contribution in [-0.2, 0) is 0 Å². The number of nitro benzene ring substituents is 1. The Labute approximate surface area is 179 Å². The summed E-state index contributed by atoms with van der Waals surface area (Å²) in [5, 5.41) is 11.1. The summed E-state index contributed by atoms with van der Waals surface area (Å²) in [4.78, 5) is 15.3. The van der Waals surface area contributed by atoms with E-state index in [1.54, 1.807) is 12.1 Å². The van der Waals surface area contributed by atoms with E-state index < -0.39 is 0 Å². The number of anilines is 1. The molecule has 0 saturated carbocycles. The molecule has 162 valence electrons. The number of unbranched alkanes of at least 4 members (excludes halogenated alkanes) is 1. The first-order valence-electron chi connectivity index (χ1n) is 10.8. The van der Waals surface area contributed by atoms with Gasteiger partial charge in [-0.1, -0.05) is 31.5 Å². The first kappa shape index (κ1) is 22.1. The molecule has 0 spiro atoms. The Morgan fingerprint density at radius 2 is 1.97 bits per heavy atom. The van der Waals surface area contributed by atoms with Gasteiger partial charge >= 0.3 is 0 Å². The first-order chi connectivity index (χ1) is 14.5. The van der Waals surface area contributed by atoms with Crippen LogP contribution in [0.4, 0.5) is 11.4 Å². The molecule has 0 unspecified atom stereocenters. The third-order valence-electron chi connectivity index (χ3n) is 5.98. The summed E-state index contributed by atoms with van der Waals surface area (Å²) in [5.74, 6) is 1.34. The standard InChI is InChI=1S/C24H33N3O3/c1-4-5-14-26-15-13-24(19-9-11-21(12-10-19)25(2)3)20(17-26)18-30-23-8-6-7-22(16-23)27(28)29/h6-12,16,20,24H,4-5,13-15,17-18H2,1-3H3/t20-,24-/m0/s1. The molecule has 0 amide bonds. The van der Waals surface area contributed by atoms with Gasteiger partial charge in [0.05, 0.1) is 17.6 Å². The molecule has 2 aromatic rings. The highest BCUT2D eigenvalue weighted by atomic mass is 16.6. The molecule has 1 fully saturated rings. The molecule has 0 N–H and O–H groups in total. The SMILES string of the molecule is CCCCN1CC[C@@H](c2ccc(N(C)C)cc2)[C@H](COc2cccc([N+](=O)[O-])c2)C1. The largest absolute Gasteiger partial charge is 0.493 e. The molecule has 1 aliphatic rings. The van der Waals surface area contributed by atoms with Crippen LogP contribution in [0.5, 0.6) is 5.75 Å². The number of nitro groups is 1. The molecular weight excluding hydrogens is 378 g/mol. The minimum Gasteiger partial charge on any atom is -0.493 e. The second-order valence-corrected chi connectivity index (χ2v) is 8.36. The van der Waals surface area contributed by atoms with E-state index >= 15 is 0 Å². The zero-order chi connectivity index (χ0) is 21.5. The molecule has 30 heavy (non-hydrogen) atoms. The molecule has 0 aromatic heterocycles. The number of hydrogen-bond donors (Lipinski definition) is 0. The number of non-ortho nitro benzene ring substituents is 1. The van der Waals surface area contributed by atoms with Gasteiger partial charge in [-0.15, -0.1) is 0 Å². The molecule has 3 rings (SSSR count). The van der Waals surface area contributed by atoms with Crippen molar-refractivity contribution in [1.82, 2.24) is 4.90 Å². The van der Waals surface area contributed by atoms with Crippen LogP contribution in [-0.4, -0.2) is 50.2 Å². The maximum atomic E-state index is 11.1. The minimum absolute atomic E-state index is 0.0662. The average molecular weight is 412 g/mol. The number of hydrogen-bond acceptors (Lipinski definition) is 5. The highest BCUT2D eigenvalue weighted by Crippen LogP contribution is 2.35. The van der Waals surface area contributed by atoms with Crippen molar-refractivity contribution in [3.63, 3.8) is 0 Å². The van der Waals surface area contributed by atoms with E-state index in [-0.39, 0.29) is 10.6 Å². The zero-order valence-corrected chi connectivity index (χ0v) is 18.3. The van der Waals surface area contributed by atoms with E-state index in [1.165, 1.54) is 36.2 Å². The summed E-state index contributed by atoms with van der Waals surface area (Å²) in [6.07, 6.45) is 3.51. The number of piperidine rings is 1. The predicted molar refractivity (Wildman–Crippen MR) is 122 cm³/mol. The molecule has 0 aliphatic carbocycles. The monoisotopic (exact) mass is 411 g/mol. The number of benzene rings is 2. The second-order valence-electron chi connectivity index (χ2n) is 8.36. The van der Waals surface area contributed by atoms with Crippen molar-refractivity contribution in [3.8, 4) is 5.75 Å². The third kappa shape index (κ3) is 5.72. The molecule has 6 nitrogen and oxygen atoms in total. The lowest BCUT2D eigenvalue weighted by atomic mass is 9.80. The van der Waals surface area contributed by atoms with Crippen molar-refractivity contribution in [2.24, 2.45) is 5.92 Å². The van der Waals surface area contributed by atoms with Crippen molar-refractivity contribution in [2.45, 2.75) is 32.1 Å². The molecule has 1 saturated heterocycles. The average Bonchev–Trinajstić information content (AvgIpc) is 2.76. The number of likely N-dealkylation sites (tertiary alicyclic amines) is 1. The van der Waals surface area contributed by atoms with Crippen LogP contribution < -0.4 is 9.64 Å². The zero-order valence-electron chi connectivity index (χ0n) is 18.3. The second kappa shape index (κ2) is 10.4. The van der Waals surface area contributed by atoms with Crippen molar-refractivity contribution >= 4 is 11.4 Å². The van der Waals surface area contributed by atoms with Gasteiger partial charge in [0.2, 0.25) is 0 Å². The van der Waals surface area contributed by atoms with E-state index in [4.69, 9.17) is 4.74 Å². The quantitative estimate of drug-likeness (QED) is 0.432. The fraction of sp³-hybridized carbons (Fsp3) is 0.500. The lowest BCUT2D eigenvalue weighted by Gasteiger charge is -2.39. The molecule has 6 heteroatoms. The summed E-state index contributed by atoms with van der Waals surface area (Å²) in [6, 6.07) is 15.3. The fourth-order valence-corrected chi connectivity index (χ4v) is 4.21. The molecule has 1 heterocycles. The normalized spacial score (nSPS) is 19.4. The van der Waals surface area contributed by atoms with Gasteiger partial charge in [0.15, 0.2) is 0 Å². The van der Waals surface area contributed by atoms with Crippen molar-refractivity contribution in [2.75, 3.05) is 45.2 Å². The maximum Gasteiger partial charge on any atom is 0.273 e. The Kier molecular flexibility index (Phi) is 7.69. The number of rotatable bonds is 9. The fourth-order valence-electron chi connectivity index (χ4n) is 4.21. The molecule has 1 aliphatic heterocycles. The van der Waals surface area contributed by atoms with Gasteiger partial charge in [-0.25, -0.2) is 0 Å². The van der Waals surface area contributed by atoms with Crippen LogP contribution in [0.25, 0.3) is 0 Å². The van der Waals surface area contributed by atoms with E-state index in [0.29, 0.717) is 24.2 Å². The molecule has 0 bridgehead atoms. The van der Waals surface area contributed by atoms with E-state index in [1.807, 2.05) is 0 Å². The Morgan fingerprint density at radius 3 is 2.63 bits per heavy atom. The third-order valence-corrected chi connectivity index (χ3v) is 5.98. The van der Waals surface area contributed by atoms with Gasteiger partial charge in [0, 0.05) is 38.3 Å². The smallest absolute Gasteiger partial charge is 0.273 e. The Morgan fingerprint density at radius 1 is 1.20 bits per heavy atom. The maximum absolute atomic E-state index is 11.1. The first-order valence-corrected chi connectivity index (χ1v) is 10.8. The highest BCUT2D eigenvalue weighted by molar-refractivity contribution is 5.46. The van der Waals surface area contributed by atoms with E-state index in [0.717, 1.165) is 26.1 Å². The van der Waals surface area contributed by atoms with Gasteiger partial charge in [-0.05, 0) is 55.6 Å². The van der Waals surface area contributed by atoms with Crippen LogP contribution in [0.15, 0.2) is 48.5 Å². The van der Waals surface area contributed by atoms with Gasteiger partial charge in [0.1, 0.15) is 5.75 Å². The molecule has 2 atom stereocenters. The summed E-state index contributed by atoms with van der Waals surface area (Å²) in [7, 11) is 4.10. The topological polar surface area (TPSA) is 58.8 Å². The molecule has 0 radical (unpaired) electrons. The van der Waals surface area contributed by atoms with Gasteiger partial charge in [-0.2, -0.15) is 0 Å². The summed E-state index contributed by atoms with van der Waals surface area (Å²) in [6.45, 7) is 6.00. The van der Waals surface area contributed by atoms with E-state index in [2.05, 4.69) is 55.1 Å². The van der Waals surface area contributed by atoms with Gasteiger partial charge in [0.25, 0.3) is 5.69 Å². The number of ether oxygens (including phenoxy) is 1.